The third-order valence-corrected chi connectivity index (χ3v) is 2.85. The van der Waals surface area contributed by atoms with Crippen LogP contribution in [0.15, 0.2) is 42.5 Å². The fraction of sp³-hybridized carbons (Fsp3) is 0.0769. The van der Waals surface area contributed by atoms with Crippen LogP contribution in [0, 0.1) is 0 Å². The van der Waals surface area contributed by atoms with E-state index in [4.69, 9.17) is 17.3 Å². The van der Waals surface area contributed by atoms with Crippen LogP contribution >= 0.6 is 11.6 Å². The second-order valence-electron chi connectivity index (χ2n) is 3.81. The second-order valence-corrected chi connectivity index (χ2v) is 4.22. The van der Waals surface area contributed by atoms with E-state index in [-0.39, 0.29) is 5.02 Å². The number of hydrogen-bond acceptors (Lipinski definition) is 1. The highest BCUT2D eigenvalue weighted by Gasteiger charge is 2.33. The van der Waals surface area contributed by atoms with Crippen molar-refractivity contribution in [2.24, 2.45) is 0 Å². The van der Waals surface area contributed by atoms with Crippen molar-refractivity contribution in [3.63, 3.8) is 0 Å². The van der Waals surface area contributed by atoms with E-state index in [1.807, 2.05) is 0 Å². The molecule has 2 aromatic carbocycles. The minimum Gasteiger partial charge on any atom is -0.399 e. The molecule has 0 atom stereocenters. The van der Waals surface area contributed by atoms with Gasteiger partial charge in [-0.2, -0.15) is 13.2 Å². The van der Waals surface area contributed by atoms with Gasteiger partial charge in [0.25, 0.3) is 0 Å². The number of halogens is 4. The van der Waals surface area contributed by atoms with E-state index in [1.54, 1.807) is 30.3 Å². The van der Waals surface area contributed by atoms with E-state index < -0.39 is 11.7 Å². The van der Waals surface area contributed by atoms with Gasteiger partial charge in [0.05, 0.1) is 10.6 Å². The van der Waals surface area contributed by atoms with Gasteiger partial charge in [-0.3, -0.25) is 0 Å². The molecule has 0 heterocycles. The molecule has 0 saturated heterocycles. The number of alkyl halides is 3. The van der Waals surface area contributed by atoms with Gasteiger partial charge in [0.2, 0.25) is 0 Å². The summed E-state index contributed by atoms with van der Waals surface area (Å²) in [5, 5.41) is -0.304. The van der Waals surface area contributed by atoms with Gasteiger partial charge >= 0.3 is 6.18 Å². The first-order valence-electron chi connectivity index (χ1n) is 5.10. The Hall–Kier alpha value is -1.68. The maximum atomic E-state index is 12.7. The molecule has 2 N–H and O–H groups in total. The van der Waals surface area contributed by atoms with Gasteiger partial charge < -0.3 is 5.73 Å². The molecule has 0 aliphatic heterocycles. The third-order valence-electron chi connectivity index (χ3n) is 2.52. The van der Waals surface area contributed by atoms with Crippen LogP contribution in [0.1, 0.15) is 5.56 Å². The third kappa shape index (κ3) is 2.59. The minimum atomic E-state index is -4.46. The number of nitrogens with two attached hydrogens (primary N) is 1. The fourth-order valence-electron chi connectivity index (χ4n) is 1.60. The Labute approximate surface area is 107 Å². The SMILES string of the molecule is Nc1ccc(-c2ccc(Cl)c(C(F)(F)F)c2)cc1. The lowest BCUT2D eigenvalue weighted by atomic mass is 10.0. The van der Waals surface area contributed by atoms with Gasteiger partial charge in [0.1, 0.15) is 0 Å². The molecule has 0 fully saturated rings. The number of anilines is 1. The summed E-state index contributed by atoms with van der Waals surface area (Å²) in [7, 11) is 0. The average molecular weight is 272 g/mol. The fourth-order valence-corrected chi connectivity index (χ4v) is 1.82. The molecule has 18 heavy (non-hydrogen) atoms. The zero-order valence-electron chi connectivity index (χ0n) is 9.13. The molecule has 0 aromatic heterocycles. The topological polar surface area (TPSA) is 26.0 Å². The van der Waals surface area contributed by atoms with Crippen LogP contribution in [0.4, 0.5) is 18.9 Å². The molecule has 94 valence electrons. The lowest BCUT2D eigenvalue weighted by molar-refractivity contribution is -0.137. The summed E-state index contributed by atoms with van der Waals surface area (Å²) in [4.78, 5) is 0. The maximum absolute atomic E-state index is 12.7. The summed E-state index contributed by atoms with van der Waals surface area (Å²) < 4.78 is 38.1. The summed E-state index contributed by atoms with van der Waals surface area (Å²) in [6, 6.07) is 10.4. The summed E-state index contributed by atoms with van der Waals surface area (Å²) in [5.74, 6) is 0. The molecule has 0 radical (unpaired) electrons. The van der Waals surface area contributed by atoms with Crippen molar-refractivity contribution in [2.45, 2.75) is 6.18 Å². The summed E-state index contributed by atoms with van der Waals surface area (Å²) in [6.45, 7) is 0. The van der Waals surface area contributed by atoms with Gasteiger partial charge in [-0.05, 0) is 35.4 Å². The number of nitrogen functional groups attached to an aromatic ring is 1. The Morgan fingerprint density at radius 2 is 1.44 bits per heavy atom. The highest BCUT2D eigenvalue weighted by atomic mass is 35.5. The Balaban J connectivity index is 2.50. The minimum absolute atomic E-state index is 0.304. The van der Waals surface area contributed by atoms with Gasteiger partial charge in [-0.25, -0.2) is 0 Å². The quantitative estimate of drug-likeness (QED) is 0.753. The molecule has 0 bridgehead atoms. The molecule has 1 nitrogen and oxygen atoms in total. The smallest absolute Gasteiger partial charge is 0.399 e. The highest BCUT2D eigenvalue weighted by molar-refractivity contribution is 6.31. The van der Waals surface area contributed by atoms with Crippen LogP contribution < -0.4 is 5.73 Å². The van der Waals surface area contributed by atoms with Crippen LogP contribution in [0.5, 0.6) is 0 Å². The molecule has 0 amide bonds. The summed E-state index contributed by atoms with van der Waals surface area (Å²) in [5.41, 5.74) is 6.36. The highest BCUT2D eigenvalue weighted by Crippen LogP contribution is 2.37. The Morgan fingerprint density at radius 3 is 2.00 bits per heavy atom. The van der Waals surface area contributed by atoms with Crippen LogP contribution in [0.2, 0.25) is 5.02 Å². The van der Waals surface area contributed by atoms with E-state index in [0.29, 0.717) is 16.8 Å². The van der Waals surface area contributed by atoms with E-state index in [9.17, 15) is 13.2 Å². The zero-order valence-corrected chi connectivity index (χ0v) is 9.89. The van der Waals surface area contributed by atoms with Crippen LogP contribution in [-0.4, -0.2) is 0 Å². The molecule has 2 aromatic rings. The van der Waals surface area contributed by atoms with Crippen molar-refractivity contribution >= 4 is 17.3 Å². The van der Waals surface area contributed by atoms with Crippen molar-refractivity contribution in [1.82, 2.24) is 0 Å². The van der Waals surface area contributed by atoms with Gasteiger partial charge in [0.15, 0.2) is 0 Å². The van der Waals surface area contributed by atoms with Gasteiger partial charge in [-0.1, -0.05) is 29.8 Å². The number of hydrogen-bond donors (Lipinski definition) is 1. The second kappa shape index (κ2) is 4.53. The molecule has 0 unspecified atom stereocenters. The first kappa shape index (κ1) is 12.8. The predicted octanol–water partition coefficient (Wildman–Crippen LogP) is 4.61. The standard InChI is InChI=1S/C13H9ClF3N/c14-12-6-3-9(7-11(12)13(15,16)17)8-1-4-10(18)5-2-8/h1-7H,18H2. The largest absolute Gasteiger partial charge is 0.417 e. The molecule has 0 spiro atoms. The average Bonchev–Trinajstić information content (AvgIpc) is 2.29. The van der Waals surface area contributed by atoms with Gasteiger partial charge in [-0.15, -0.1) is 0 Å². The van der Waals surface area contributed by atoms with E-state index in [0.717, 1.165) is 6.07 Å². The Bertz CT molecular complexity index is 561. The van der Waals surface area contributed by atoms with Crippen molar-refractivity contribution < 1.29 is 13.2 Å². The van der Waals surface area contributed by atoms with Gasteiger partial charge in [0, 0.05) is 5.69 Å². The molecule has 5 heteroatoms. The van der Waals surface area contributed by atoms with E-state index in [1.165, 1.54) is 6.07 Å². The van der Waals surface area contributed by atoms with Crippen molar-refractivity contribution in [1.29, 1.82) is 0 Å². The zero-order chi connectivity index (χ0) is 13.3. The summed E-state index contributed by atoms with van der Waals surface area (Å²) >= 11 is 5.55. The predicted molar refractivity (Wildman–Crippen MR) is 66.3 cm³/mol. The molecule has 0 saturated carbocycles. The monoisotopic (exact) mass is 271 g/mol. The lowest BCUT2D eigenvalue weighted by Crippen LogP contribution is -2.05. The van der Waals surface area contributed by atoms with E-state index in [2.05, 4.69) is 0 Å². The van der Waals surface area contributed by atoms with Crippen molar-refractivity contribution in [3.8, 4) is 11.1 Å². The molecule has 2 rings (SSSR count). The molecular weight excluding hydrogens is 263 g/mol. The van der Waals surface area contributed by atoms with Crippen LogP contribution in [0.3, 0.4) is 0 Å². The molecular formula is C13H9ClF3N. The number of rotatable bonds is 1. The van der Waals surface area contributed by atoms with Crippen LogP contribution in [0.25, 0.3) is 11.1 Å². The summed E-state index contributed by atoms with van der Waals surface area (Å²) in [6.07, 6.45) is -4.46. The van der Waals surface area contributed by atoms with E-state index >= 15 is 0 Å². The lowest BCUT2D eigenvalue weighted by Gasteiger charge is -2.11. The van der Waals surface area contributed by atoms with Crippen molar-refractivity contribution in [3.05, 3.63) is 53.1 Å². The maximum Gasteiger partial charge on any atom is 0.417 e. The Kier molecular flexibility index (Phi) is 3.22. The Morgan fingerprint density at radius 1 is 0.889 bits per heavy atom. The molecule has 0 aliphatic rings. The first-order chi connectivity index (χ1) is 8.38. The van der Waals surface area contributed by atoms with Crippen molar-refractivity contribution in [2.75, 3.05) is 5.73 Å². The molecule has 0 aliphatic carbocycles. The number of benzene rings is 2. The van der Waals surface area contributed by atoms with Crippen LogP contribution in [-0.2, 0) is 6.18 Å². The normalized spacial score (nSPS) is 11.6. The first-order valence-corrected chi connectivity index (χ1v) is 5.48.